The molecule has 0 heterocycles. The molecule has 16 heavy (non-hydrogen) atoms. The molecule has 0 saturated heterocycles. The summed E-state index contributed by atoms with van der Waals surface area (Å²) in [4.78, 5) is 0. The van der Waals surface area contributed by atoms with Gasteiger partial charge in [-0.2, -0.15) is 0 Å². The quantitative estimate of drug-likeness (QED) is 0.855. The summed E-state index contributed by atoms with van der Waals surface area (Å²) in [6, 6.07) is 6.30. The molecule has 1 aromatic rings. The van der Waals surface area contributed by atoms with Gasteiger partial charge in [0.05, 0.1) is 0 Å². The molecule has 0 bridgehead atoms. The summed E-state index contributed by atoms with van der Waals surface area (Å²) in [5.41, 5.74) is 9.18. The van der Waals surface area contributed by atoms with Gasteiger partial charge in [0.25, 0.3) is 0 Å². The minimum absolute atomic E-state index is 0.339. The van der Waals surface area contributed by atoms with Crippen molar-refractivity contribution in [3.63, 3.8) is 0 Å². The van der Waals surface area contributed by atoms with Crippen LogP contribution in [0.1, 0.15) is 23.6 Å². The molecule has 0 saturated carbocycles. The second-order valence-corrected chi connectivity index (χ2v) is 6.02. The molecule has 0 aromatic heterocycles. The van der Waals surface area contributed by atoms with Gasteiger partial charge in [0.15, 0.2) is 0 Å². The van der Waals surface area contributed by atoms with Crippen LogP contribution in [0.2, 0.25) is 0 Å². The van der Waals surface area contributed by atoms with Crippen LogP contribution < -0.4 is 5.73 Å². The van der Waals surface area contributed by atoms with Crippen molar-refractivity contribution in [2.75, 3.05) is 12.3 Å². The molecule has 0 aliphatic rings. The SMILES string of the molecule is Cc1ccc(C)c(CS(=O)CC(C)CN)c1. The van der Waals surface area contributed by atoms with Gasteiger partial charge in [-0.15, -0.1) is 0 Å². The van der Waals surface area contributed by atoms with Crippen LogP contribution in [0, 0.1) is 19.8 Å². The zero-order chi connectivity index (χ0) is 12.1. The van der Waals surface area contributed by atoms with Crippen LogP contribution in [-0.2, 0) is 16.6 Å². The van der Waals surface area contributed by atoms with Gasteiger partial charge in [-0.05, 0) is 37.4 Å². The summed E-state index contributed by atoms with van der Waals surface area (Å²) in [5, 5.41) is 0. The summed E-state index contributed by atoms with van der Waals surface area (Å²) in [5.74, 6) is 1.69. The van der Waals surface area contributed by atoms with Gasteiger partial charge < -0.3 is 5.73 Å². The third-order valence-corrected chi connectivity index (χ3v) is 4.27. The van der Waals surface area contributed by atoms with Gasteiger partial charge in [0.1, 0.15) is 0 Å². The third kappa shape index (κ3) is 4.06. The lowest BCUT2D eigenvalue weighted by Crippen LogP contribution is -2.18. The van der Waals surface area contributed by atoms with E-state index in [1.807, 2.05) is 6.92 Å². The maximum absolute atomic E-state index is 11.9. The van der Waals surface area contributed by atoms with Crippen LogP contribution in [0.4, 0.5) is 0 Å². The molecule has 1 rings (SSSR count). The van der Waals surface area contributed by atoms with E-state index in [1.54, 1.807) is 0 Å². The lowest BCUT2D eigenvalue weighted by Gasteiger charge is -2.10. The van der Waals surface area contributed by atoms with Crippen LogP contribution in [-0.4, -0.2) is 16.5 Å². The van der Waals surface area contributed by atoms with Crippen LogP contribution in [0.5, 0.6) is 0 Å². The first kappa shape index (κ1) is 13.4. The topological polar surface area (TPSA) is 43.1 Å². The predicted molar refractivity (Wildman–Crippen MR) is 70.8 cm³/mol. The molecule has 3 heteroatoms. The number of hydrogen-bond acceptors (Lipinski definition) is 2. The van der Waals surface area contributed by atoms with Crippen molar-refractivity contribution in [2.24, 2.45) is 11.7 Å². The van der Waals surface area contributed by atoms with E-state index in [2.05, 4.69) is 32.0 Å². The Balaban J connectivity index is 2.65. The summed E-state index contributed by atoms with van der Waals surface area (Å²) in [6.45, 7) is 6.78. The second kappa shape index (κ2) is 6.16. The van der Waals surface area contributed by atoms with E-state index in [0.29, 0.717) is 24.0 Å². The summed E-state index contributed by atoms with van der Waals surface area (Å²) >= 11 is 0. The molecule has 90 valence electrons. The van der Waals surface area contributed by atoms with E-state index in [4.69, 9.17) is 5.73 Å². The lowest BCUT2D eigenvalue weighted by atomic mass is 10.1. The largest absolute Gasteiger partial charge is 0.330 e. The monoisotopic (exact) mass is 239 g/mol. The summed E-state index contributed by atoms with van der Waals surface area (Å²) in [7, 11) is -0.800. The van der Waals surface area contributed by atoms with Crippen molar-refractivity contribution in [1.82, 2.24) is 0 Å². The van der Waals surface area contributed by atoms with Gasteiger partial charge in [0, 0.05) is 22.3 Å². The predicted octanol–water partition coefficient (Wildman–Crippen LogP) is 2.15. The van der Waals surface area contributed by atoms with E-state index in [1.165, 1.54) is 16.7 Å². The van der Waals surface area contributed by atoms with Gasteiger partial charge >= 0.3 is 0 Å². The molecule has 0 fully saturated rings. The van der Waals surface area contributed by atoms with Gasteiger partial charge in [0.2, 0.25) is 0 Å². The highest BCUT2D eigenvalue weighted by Crippen LogP contribution is 2.13. The minimum Gasteiger partial charge on any atom is -0.330 e. The molecule has 2 N–H and O–H groups in total. The van der Waals surface area contributed by atoms with Crippen LogP contribution in [0.3, 0.4) is 0 Å². The smallest absolute Gasteiger partial charge is 0.0488 e. The molecule has 0 radical (unpaired) electrons. The zero-order valence-electron chi connectivity index (χ0n) is 10.3. The fraction of sp³-hybridized carbons (Fsp3) is 0.538. The first-order valence-corrected chi connectivity index (χ1v) is 7.13. The first-order valence-electron chi connectivity index (χ1n) is 5.64. The Labute approximate surface area is 101 Å². The highest BCUT2D eigenvalue weighted by Gasteiger charge is 2.08. The summed E-state index contributed by atoms with van der Waals surface area (Å²) < 4.78 is 11.9. The minimum atomic E-state index is -0.800. The fourth-order valence-corrected chi connectivity index (χ4v) is 3.12. The highest BCUT2D eigenvalue weighted by molar-refractivity contribution is 7.84. The average molecular weight is 239 g/mol. The van der Waals surface area contributed by atoms with Gasteiger partial charge in [-0.3, -0.25) is 4.21 Å². The Hall–Kier alpha value is -0.670. The molecule has 0 amide bonds. The maximum Gasteiger partial charge on any atom is 0.0488 e. The van der Waals surface area contributed by atoms with Gasteiger partial charge in [-0.1, -0.05) is 30.7 Å². The fourth-order valence-electron chi connectivity index (χ4n) is 1.57. The molecule has 0 spiro atoms. The van der Waals surface area contributed by atoms with Crippen molar-refractivity contribution in [3.05, 3.63) is 34.9 Å². The molecule has 2 nitrogen and oxygen atoms in total. The Kier molecular flexibility index (Phi) is 5.16. The molecule has 0 aliphatic carbocycles. The van der Waals surface area contributed by atoms with E-state index in [0.717, 1.165) is 0 Å². The Morgan fingerprint density at radius 2 is 2.06 bits per heavy atom. The van der Waals surface area contributed by atoms with Crippen molar-refractivity contribution < 1.29 is 4.21 Å². The first-order chi connectivity index (χ1) is 7.52. The number of rotatable bonds is 5. The third-order valence-electron chi connectivity index (χ3n) is 2.69. The number of benzene rings is 1. The molecule has 0 aliphatic heterocycles. The Morgan fingerprint density at radius 1 is 1.38 bits per heavy atom. The number of hydrogen-bond donors (Lipinski definition) is 1. The van der Waals surface area contributed by atoms with Gasteiger partial charge in [-0.25, -0.2) is 0 Å². The van der Waals surface area contributed by atoms with Crippen molar-refractivity contribution in [1.29, 1.82) is 0 Å². The van der Waals surface area contributed by atoms with Crippen LogP contribution in [0.15, 0.2) is 18.2 Å². The Morgan fingerprint density at radius 3 is 2.69 bits per heavy atom. The van der Waals surface area contributed by atoms with Crippen LogP contribution >= 0.6 is 0 Å². The van der Waals surface area contributed by atoms with E-state index in [9.17, 15) is 4.21 Å². The Bertz CT molecular complexity index is 376. The molecule has 2 atom stereocenters. The van der Waals surface area contributed by atoms with Crippen molar-refractivity contribution in [3.8, 4) is 0 Å². The van der Waals surface area contributed by atoms with E-state index in [-0.39, 0.29) is 0 Å². The normalized spacial score (nSPS) is 14.8. The lowest BCUT2D eigenvalue weighted by molar-refractivity contribution is 0.640. The van der Waals surface area contributed by atoms with E-state index >= 15 is 0 Å². The number of nitrogens with two attached hydrogens (primary N) is 1. The van der Waals surface area contributed by atoms with Crippen molar-refractivity contribution >= 4 is 10.8 Å². The van der Waals surface area contributed by atoms with E-state index < -0.39 is 10.8 Å². The van der Waals surface area contributed by atoms with Crippen LogP contribution in [0.25, 0.3) is 0 Å². The maximum atomic E-state index is 11.9. The molecular weight excluding hydrogens is 218 g/mol. The van der Waals surface area contributed by atoms with Crippen molar-refractivity contribution in [2.45, 2.75) is 26.5 Å². The molecular formula is C13H21NOS. The summed E-state index contributed by atoms with van der Waals surface area (Å²) in [6.07, 6.45) is 0. The molecule has 1 aromatic carbocycles. The average Bonchev–Trinajstić information content (AvgIpc) is 2.23. The number of aryl methyl sites for hydroxylation is 2. The zero-order valence-corrected chi connectivity index (χ0v) is 11.1. The second-order valence-electron chi connectivity index (χ2n) is 4.52. The highest BCUT2D eigenvalue weighted by atomic mass is 32.2. The molecule has 2 unspecified atom stereocenters. The standard InChI is InChI=1S/C13H21NOS/c1-10-4-5-12(3)13(6-10)9-16(15)8-11(2)7-14/h4-6,11H,7-9,14H2,1-3H3.